The Morgan fingerprint density at radius 1 is 0.353 bits per heavy atom. The van der Waals surface area contributed by atoms with Crippen LogP contribution in [0.1, 0.15) is 5.69 Å². The minimum absolute atomic E-state index is 0.620. The van der Waals surface area contributed by atoms with E-state index in [1.807, 2.05) is 72.9 Å². The van der Waals surface area contributed by atoms with Gasteiger partial charge in [0, 0.05) is 34.1 Å². The molecule has 9 aromatic rings. The lowest BCUT2D eigenvalue weighted by molar-refractivity contribution is 1.07. The Morgan fingerprint density at radius 2 is 0.843 bits per heavy atom. The van der Waals surface area contributed by atoms with Crippen LogP contribution >= 0.6 is 0 Å². The van der Waals surface area contributed by atoms with Crippen molar-refractivity contribution >= 4 is 21.5 Å². The molecule has 0 aliphatic carbocycles. The fourth-order valence-corrected chi connectivity index (χ4v) is 6.99. The maximum Gasteiger partial charge on any atom is 0.164 e. The van der Waals surface area contributed by atoms with Gasteiger partial charge in [0.15, 0.2) is 17.5 Å². The summed E-state index contributed by atoms with van der Waals surface area (Å²) in [5.41, 5.74) is 10.5. The zero-order valence-corrected chi connectivity index (χ0v) is 28.0. The van der Waals surface area contributed by atoms with Crippen LogP contribution in [0.15, 0.2) is 176 Å². The van der Waals surface area contributed by atoms with Gasteiger partial charge in [0.05, 0.1) is 0 Å². The molecule has 0 atom stereocenters. The van der Waals surface area contributed by atoms with Crippen molar-refractivity contribution < 1.29 is 0 Å². The van der Waals surface area contributed by atoms with E-state index in [-0.39, 0.29) is 0 Å². The number of aromatic nitrogens is 4. The summed E-state index contributed by atoms with van der Waals surface area (Å²) in [6.45, 7) is 2.06. The largest absolute Gasteiger partial charge is 0.261 e. The first-order chi connectivity index (χ1) is 25.2. The van der Waals surface area contributed by atoms with Crippen molar-refractivity contribution in [1.29, 1.82) is 0 Å². The van der Waals surface area contributed by atoms with Gasteiger partial charge in [-0.25, -0.2) is 15.0 Å². The third kappa shape index (κ3) is 5.83. The van der Waals surface area contributed by atoms with E-state index in [1.165, 1.54) is 27.1 Å². The second-order valence-electron chi connectivity index (χ2n) is 12.7. The molecule has 0 radical (unpaired) electrons. The van der Waals surface area contributed by atoms with Crippen molar-refractivity contribution in [2.24, 2.45) is 0 Å². The van der Waals surface area contributed by atoms with Crippen molar-refractivity contribution in [3.63, 3.8) is 0 Å². The normalized spacial score (nSPS) is 11.2. The zero-order chi connectivity index (χ0) is 34.1. The van der Waals surface area contributed by atoms with Gasteiger partial charge in [-0.1, -0.05) is 133 Å². The second-order valence-corrected chi connectivity index (χ2v) is 12.7. The molecule has 7 aromatic carbocycles. The van der Waals surface area contributed by atoms with Gasteiger partial charge in [-0.05, 0) is 92.7 Å². The summed E-state index contributed by atoms with van der Waals surface area (Å²) < 4.78 is 0. The molecule has 4 heteroatoms. The van der Waals surface area contributed by atoms with Gasteiger partial charge < -0.3 is 0 Å². The lowest BCUT2D eigenvalue weighted by Gasteiger charge is -2.16. The molecule has 0 N–H and O–H groups in total. The number of hydrogen-bond donors (Lipinski definition) is 0. The summed E-state index contributed by atoms with van der Waals surface area (Å²) >= 11 is 0. The number of benzene rings is 7. The molecule has 0 fully saturated rings. The number of aryl methyl sites for hydroxylation is 1. The van der Waals surface area contributed by atoms with Crippen molar-refractivity contribution in [3.05, 3.63) is 182 Å². The van der Waals surface area contributed by atoms with E-state index in [0.29, 0.717) is 17.5 Å². The molecule has 0 spiro atoms. The number of rotatable bonds is 6. The molecule has 2 aromatic heterocycles. The third-order valence-electron chi connectivity index (χ3n) is 9.46. The Hall–Kier alpha value is -6.78. The monoisotopic (exact) mass is 652 g/mol. The van der Waals surface area contributed by atoms with Crippen LogP contribution in [-0.4, -0.2) is 19.9 Å². The Kier molecular flexibility index (Phi) is 7.67. The number of nitrogens with zero attached hydrogens (tertiary/aromatic N) is 4. The Labute approximate surface area is 296 Å². The van der Waals surface area contributed by atoms with Gasteiger partial charge in [-0.2, -0.15) is 0 Å². The van der Waals surface area contributed by atoms with E-state index in [4.69, 9.17) is 15.0 Å². The smallest absolute Gasteiger partial charge is 0.164 e. The molecule has 0 amide bonds. The van der Waals surface area contributed by atoms with E-state index in [1.54, 1.807) is 0 Å². The van der Waals surface area contributed by atoms with Crippen LogP contribution < -0.4 is 0 Å². The molecule has 0 aliphatic heterocycles. The highest BCUT2D eigenvalue weighted by molar-refractivity contribution is 6.13. The molecule has 240 valence electrons. The van der Waals surface area contributed by atoms with E-state index in [9.17, 15) is 0 Å². The third-order valence-corrected chi connectivity index (χ3v) is 9.46. The van der Waals surface area contributed by atoms with Gasteiger partial charge in [0.2, 0.25) is 0 Å². The summed E-state index contributed by atoms with van der Waals surface area (Å²) in [6.07, 6.45) is 1.84. The van der Waals surface area contributed by atoms with Gasteiger partial charge in [0.1, 0.15) is 0 Å². The van der Waals surface area contributed by atoms with Crippen LogP contribution in [0.5, 0.6) is 0 Å². The van der Waals surface area contributed by atoms with Gasteiger partial charge in [0.25, 0.3) is 0 Å². The van der Waals surface area contributed by atoms with Gasteiger partial charge >= 0.3 is 0 Å². The molecular weight excluding hydrogens is 621 g/mol. The quantitative estimate of drug-likeness (QED) is 0.168. The highest BCUT2D eigenvalue weighted by atomic mass is 15.0. The van der Waals surface area contributed by atoms with E-state index >= 15 is 0 Å². The average Bonchev–Trinajstić information content (AvgIpc) is 3.20. The summed E-state index contributed by atoms with van der Waals surface area (Å²) in [5, 5.41) is 4.80. The lowest BCUT2D eigenvalue weighted by atomic mass is 9.89. The second kappa shape index (κ2) is 12.9. The minimum Gasteiger partial charge on any atom is -0.261 e. The van der Waals surface area contributed by atoms with Crippen molar-refractivity contribution in [3.8, 4) is 67.5 Å². The van der Waals surface area contributed by atoms with Crippen LogP contribution in [0.4, 0.5) is 0 Å². The van der Waals surface area contributed by atoms with Crippen molar-refractivity contribution in [2.75, 3.05) is 0 Å². The predicted molar refractivity (Wildman–Crippen MR) is 210 cm³/mol. The van der Waals surface area contributed by atoms with E-state index < -0.39 is 0 Å². The SMILES string of the molecule is Cc1ncccc1-c1cccc(-c2cc(-c3nc(-c4ccccc4)nc(-c4ccccc4)n3)cc(-c3c4ccccc4cc4ccccc34)c2)c1. The minimum atomic E-state index is 0.620. The molecular formula is C47H32N4. The van der Waals surface area contributed by atoms with Crippen LogP contribution in [0.25, 0.3) is 89.1 Å². The first-order valence-corrected chi connectivity index (χ1v) is 17.1. The zero-order valence-electron chi connectivity index (χ0n) is 28.0. The summed E-state index contributed by atoms with van der Waals surface area (Å²) in [5.74, 6) is 1.89. The van der Waals surface area contributed by atoms with Crippen LogP contribution in [-0.2, 0) is 0 Å². The number of fused-ring (bicyclic) bond motifs is 2. The fraction of sp³-hybridized carbons (Fsp3) is 0.0213. The predicted octanol–water partition coefficient (Wildman–Crippen LogP) is 11.9. The van der Waals surface area contributed by atoms with Crippen LogP contribution in [0.3, 0.4) is 0 Å². The molecule has 9 rings (SSSR count). The van der Waals surface area contributed by atoms with Crippen LogP contribution in [0.2, 0.25) is 0 Å². The fourth-order valence-electron chi connectivity index (χ4n) is 6.99. The van der Waals surface area contributed by atoms with Crippen LogP contribution in [0, 0.1) is 6.92 Å². The molecule has 51 heavy (non-hydrogen) atoms. The molecule has 0 saturated heterocycles. The Balaban J connectivity index is 1.33. The standard InChI is InChI=1S/C47H32N4/c1-31-41(24-13-25-48-31)35-21-12-20-34(26-35)38-28-39(44-42-22-10-8-18-36(42)27-37-19-9-11-23-43(37)44)30-40(29-38)47-50-45(32-14-4-2-5-15-32)49-46(51-47)33-16-6-3-7-17-33/h2-30H,1H3. The Morgan fingerprint density at radius 3 is 1.47 bits per heavy atom. The average molecular weight is 653 g/mol. The van der Waals surface area contributed by atoms with Gasteiger partial charge in [-0.3, -0.25) is 4.98 Å². The van der Waals surface area contributed by atoms with Crippen molar-refractivity contribution in [2.45, 2.75) is 6.92 Å². The molecule has 2 heterocycles. The first-order valence-electron chi connectivity index (χ1n) is 17.1. The maximum absolute atomic E-state index is 5.14. The Bertz CT molecular complexity index is 2590. The summed E-state index contributed by atoms with van der Waals surface area (Å²) in [6, 6.07) is 59.4. The number of hydrogen-bond acceptors (Lipinski definition) is 4. The molecule has 0 unspecified atom stereocenters. The van der Waals surface area contributed by atoms with Gasteiger partial charge in [-0.15, -0.1) is 0 Å². The first kappa shape index (κ1) is 30.3. The molecule has 4 nitrogen and oxygen atoms in total. The molecule has 0 saturated carbocycles. The van der Waals surface area contributed by atoms with E-state index in [2.05, 4.69) is 115 Å². The van der Waals surface area contributed by atoms with Crippen molar-refractivity contribution in [1.82, 2.24) is 19.9 Å². The topological polar surface area (TPSA) is 51.6 Å². The summed E-state index contributed by atoms with van der Waals surface area (Å²) in [4.78, 5) is 19.8. The molecule has 0 bridgehead atoms. The highest BCUT2D eigenvalue weighted by Crippen LogP contribution is 2.41. The number of pyridine rings is 1. The lowest BCUT2D eigenvalue weighted by Crippen LogP contribution is -2.00. The maximum atomic E-state index is 5.14. The molecule has 0 aliphatic rings. The summed E-state index contributed by atoms with van der Waals surface area (Å²) in [7, 11) is 0. The highest BCUT2D eigenvalue weighted by Gasteiger charge is 2.17. The van der Waals surface area contributed by atoms with E-state index in [0.717, 1.165) is 50.2 Å².